The molecule has 1 aromatic rings. The first kappa shape index (κ1) is 12.7. The van der Waals surface area contributed by atoms with Crippen LogP contribution < -0.4 is 5.32 Å². The van der Waals surface area contributed by atoms with Crippen LogP contribution in [0.2, 0.25) is 0 Å². The third-order valence-electron chi connectivity index (χ3n) is 2.39. The third-order valence-corrected chi connectivity index (χ3v) is 2.39. The van der Waals surface area contributed by atoms with E-state index in [1.807, 2.05) is 27.7 Å². The zero-order valence-electron chi connectivity index (χ0n) is 10.2. The molecule has 0 aliphatic carbocycles. The van der Waals surface area contributed by atoms with Crippen LogP contribution >= 0.6 is 0 Å². The quantitative estimate of drug-likeness (QED) is 0.713. The first-order chi connectivity index (χ1) is 7.30. The van der Waals surface area contributed by atoms with Crippen LogP contribution in [-0.4, -0.2) is 33.9 Å². The Balaban J connectivity index is 2.48. The van der Waals surface area contributed by atoms with Gasteiger partial charge >= 0.3 is 0 Å². The molecule has 90 valence electrons. The van der Waals surface area contributed by atoms with Gasteiger partial charge in [-0.05, 0) is 18.4 Å². The smallest absolute Gasteiger partial charge is 0.271 e. The summed E-state index contributed by atoms with van der Waals surface area (Å²) in [4.78, 5) is 11.6. The maximum atomic E-state index is 11.6. The number of aliphatic hydroxyl groups excluding tert-OH is 1. The number of carbonyl (C=O) groups is 1. The zero-order chi connectivity index (χ0) is 12.3. The predicted molar refractivity (Wildman–Crippen MR) is 61.1 cm³/mol. The maximum absolute atomic E-state index is 11.6. The second-order valence-corrected chi connectivity index (χ2v) is 5.03. The molecular weight excluding hydrogens is 206 g/mol. The van der Waals surface area contributed by atoms with Gasteiger partial charge in [0.1, 0.15) is 5.69 Å². The van der Waals surface area contributed by atoms with E-state index in [-0.39, 0.29) is 17.9 Å². The minimum atomic E-state index is -0.573. The van der Waals surface area contributed by atoms with E-state index >= 15 is 0 Å². The lowest BCUT2D eigenvalue weighted by molar-refractivity contribution is 0.0585. The van der Waals surface area contributed by atoms with E-state index in [2.05, 4.69) is 15.5 Å². The number of nitrogens with one attached hydrogen (secondary N) is 2. The van der Waals surface area contributed by atoms with Crippen molar-refractivity contribution in [1.82, 2.24) is 15.5 Å². The third kappa shape index (κ3) is 3.34. The summed E-state index contributed by atoms with van der Waals surface area (Å²) in [7, 11) is 0. The molecule has 1 aromatic heterocycles. The standard InChI is InChI=1S/C11H19N3O2/c1-7-5-8(14-13-7)10(16)12-6-9(15)11(2,3)4/h5,9,15H,6H2,1-4H3,(H,12,16)(H,13,14). The molecule has 1 heterocycles. The van der Waals surface area contributed by atoms with Gasteiger partial charge in [-0.1, -0.05) is 20.8 Å². The number of rotatable bonds is 3. The van der Waals surface area contributed by atoms with E-state index in [1.54, 1.807) is 6.07 Å². The number of hydrogen-bond donors (Lipinski definition) is 3. The molecule has 0 aliphatic heterocycles. The molecule has 16 heavy (non-hydrogen) atoms. The van der Waals surface area contributed by atoms with Gasteiger partial charge < -0.3 is 10.4 Å². The van der Waals surface area contributed by atoms with E-state index in [4.69, 9.17) is 0 Å². The summed E-state index contributed by atoms with van der Waals surface area (Å²) in [5, 5.41) is 18.9. The minimum Gasteiger partial charge on any atom is -0.391 e. The summed E-state index contributed by atoms with van der Waals surface area (Å²) >= 11 is 0. The van der Waals surface area contributed by atoms with Gasteiger partial charge in [0.15, 0.2) is 0 Å². The summed E-state index contributed by atoms with van der Waals surface area (Å²) in [5.41, 5.74) is 0.939. The Kier molecular flexibility index (Phi) is 3.70. The molecule has 1 rings (SSSR count). The highest BCUT2D eigenvalue weighted by Crippen LogP contribution is 2.18. The Morgan fingerprint density at radius 2 is 2.25 bits per heavy atom. The molecule has 5 nitrogen and oxygen atoms in total. The van der Waals surface area contributed by atoms with Gasteiger partial charge in [0.25, 0.3) is 5.91 Å². The number of nitrogens with zero attached hydrogens (tertiary/aromatic N) is 1. The van der Waals surface area contributed by atoms with Crippen LogP contribution in [0, 0.1) is 12.3 Å². The summed E-state index contributed by atoms with van der Waals surface area (Å²) < 4.78 is 0. The molecule has 0 spiro atoms. The number of aryl methyl sites for hydroxylation is 1. The second kappa shape index (κ2) is 4.65. The van der Waals surface area contributed by atoms with Gasteiger partial charge in [-0.25, -0.2) is 0 Å². The van der Waals surface area contributed by atoms with E-state index in [0.717, 1.165) is 5.69 Å². The molecule has 5 heteroatoms. The normalized spacial score (nSPS) is 13.6. The summed E-state index contributed by atoms with van der Waals surface area (Å²) in [6.07, 6.45) is -0.573. The Labute approximate surface area is 95.3 Å². The Hall–Kier alpha value is -1.36. The lowest BCUT2D eigenvalue weighted by atomic mass is 9.89. The minimum absolute atomic E-state index is 0.230. The second-order valence-electron chi connectivity index (χ2n) is 5.03. The van der Waals surface area contributed by atoms with Gasteiger partial charge in [0.05, 0.1) is 6.10 Å². The molecule has 1 unspecified atom stereocenters. The topological polar surface area (TPSA) is 78.0 Å². The van der Waals surface area contributed by atoms with E-state index < -0.39 is 6.10 Å². The highest BCUT2D eigenvalue weighted by atomic mass is 16.3. The van der Waals surface area contributed by atoms with Gasteiger partial charge in [0.2, 0.25) is 0 Å². The molecule has 0 radical (unpaired) electrons. The average Bonchev–Trinajstić information content (AvgIpc) is 2.59. The maximum Gasteiger partial charge on any atom is 0.271 e. The van der Waals surface area contributed by atoms with Crippen molar-refractivity contribution in [1.29, 1.82) is 0 Å². The molecule has 1 amide bonds. The van der Waals surface area contributed by atoms with E-state index in [0.29, 0.717) is 5.69 Å². The number of aromatic nitrogens is 2. The molecule has 0 fully saturated rings. The molecule has 0 saturated heterocycles. The van der Waals surface area contributed by atoms with Crippen molar-refractivity contribution in [3.8, 4) is 0 Å². The Morgan fingerprint density at radius 3 is 2.69 bits per heavy atom. The number of hydrogen-bond acceptors (Lipinski definition) is 3. The van der Waals surface area contributed by atoms with Crippen molar-refractivity contribution in [2.24, 2.45) is 5.41 Å². The van der Waals surface area contributed by atoms with Crippen LogP contribution in [0.4, 0.5) is 0 Å². The van der Waals surface area contributed by atoms with Crippen molar-refractivity contribution in [2.75, 3.05) is 6.54 Å². The van der Waals surface area contributed by atoms with Gasteiger partial charge in [0, 0.05) is 12.2 Å². The van der Waals surface area contributed by atoms with E-state index in [9.17, 15) is 9.90 Å². The van der Waals surface area contributed by atoms with Crippen molar-refractivity contribution in [3.05, 3.63) is 17.5 Å². The summed E-state index contributed by atoms with van der Waals surface area (Å²) in [6, 6.07) is 1.67. The van der Waals surface area contributed by atoms with Crippen molar-refractivity contribution >= 4 is 5.91 Å². The van der Waals surface area contributed by atoms with Crippen LogP contribution in [0.1, 0.15) is 37.0 Å². The molecular formula is C11H19N3O2. The molecule has 1 atom stereocenters. The lowest BCUT2D eigenvalue weighted by Gasteiger charge is -2.25. The molecule has 0 aliphatic rings. The van der Waals surface area contributed by atoms with Crippen molar-refractivity contribution in [3.63, 3.8) is 0 Å². The highest BCUT2D eigenvalue weighted by Gasteiger charge is 2.22. The molecule has 0 bridgehead atoms. The van der Waals surface area contributed by atoms with Crippen LogP contribution in [0.15, 0.2) is 6.07 Å². The number of H-pyrrole nitrogens is 1. The Morgan fingerprint density at radius 1 is 1.62 bits per heavy atom. The summed E-state index contributed by atoms with van der Waals surface area (Å²) in [5.74, 6) is -0.271. The Bertz CT molecular complexity index is 366. The highest BCUT2D eigenvalue weighted by molar-refractivity contribution is 5.92. The van der Waals surface area contributed by atoms with Gasteiger partial charge in [-0.2, -0.15) is 5.10 Å². The first-order valence-electron chi connectivity index (χ1n) is 5.29. The lowest BCUT2D eigenvalue weighted by Crippen LogP contribution is -2.39. The predicted octanol–water partition coefficient (Wildman–Crippen LogP) is 0.855. The van der Waals surface area contributed by atoms with Gasteiger partial charge in [-0.15, -0.1) is 0 Å². The fourth-order valence-electron chi connectivity index (χ4n) is 1.12. The number of carbonyl (C=O) groups excluding carboxylic acids is 1. The number of amides is 1. The van der Waals surface area contributed by atoms with Crippen LogP contribution in [0.3, 0.4) is 0 Å². The van der Waals surface area contributed by atoms with Crippen molar-refractivity contribution < 1.29 is 9.90 Å². The fourth-order valence-corrected chi connectivity index (χ4v) is 1.12. The largest absolute Gasteiger partial charge is 0.391 e. The SMILES string of the molecule is Cc1cc(C(=O)NCC(O)C(C)(C)C)n[nH]1. The molecule has 0 aromatic carbocycles. The van der Waals surface area contributed by atoms with Crippen LogP contribution in [-0.2, 0) is 0 Å². The molecule has 0 saturated carbocycles. The van der Waals surface area contributed by atoms with Crippen molar-refractivity contribution in [2.45, 2.75) is 33.8 Å². The number of aliphatic hydroxyl groups is 1. The average molecular weight is 225 g/mol. The summed E-state index contributed by atoms with van der Waals surface area (Å²) in [6.45, 7) is 7.82. The molecule has 3 N–H and O–H groups in total. The van der Waals surface area contributed by atoms with Crippen LogP contribution in [0.5, 0.6) is 0 Å². The fraction of sp³-hybridized carbons (Fsp3) is 0.636. The van der Waals surface area contributed by atoms with Gasteiger partial charge in [-0.3, -0.25) is 9.89 Å². The van der Waals surface area contributed by atoms with E-state index in [1.165, 1.54) is 0 Å². The van der Waals surface area contributed by atoms with Crippen LogP contribution in [0.25, 0.3) is 0 Å². The zero-order valence-corrected chi connectivity index (χ0v) is 10.2. The number of aromatic amines is 1. The first-order valence-corrected chi connectivity index (χ1v) is 5.29. The monoisotopic (exact) mass is 225 g/mol.